The number of sulfonamides is 1. The molecule has 0 bridgehead atoms. The first-order chi connectivity index (χ1) is 12.1. The summed E-state index contributed by atoms with van der Waals surface area (Å²) in [5.41, 5.74) is -0.840. The van der Waals surface area contributed by atoms with Crippen molar-refractivity contribution in [1.29, 1.82) is 0 Å². The van der Waals surface area contributed by atoms with E-state index in [1.54, 1.807) is 18.2 Å². The Balaban J connectivity index is 2.44. The number of nitrogens with one attached hydrogen (secondary N) is 1. The first kappa shape index (κ1) is 19.5. The molecule has 8 heteroatoms. The average Bonchev–Trinajstić information content (AvgIpc) is 2.60. The third-order valence-electron chi connectivity index (χ3n) is 4.09. The van der Waals surface area contributed by atoms with Crippen molar-refractivity contribution in [3.63, 3.8) is 0 Å². The number of carbonyl (C=O) groups excluding carboxylic acids is 1. The van der Waals surface area contributed by atoms with E-state index >= 15 is 0 Å². The van der Waals surface area contributed by atoms with E-state index in [2.05, 4.69) is 11.9 Å². The van der Waals surface area contributed by atoms with Crippen LogP contribution in [0.15, 0.2) is 55.2 Å². The van der Waals surface area contributed by atoms with Crippen LogP contribution < -0.4 is 9.62 Å². The Morgan fingerprint density at radius 2 is 1.92 bits per heavy atom. The Bertz CT molecular complexity index is 918. The first-order valence-corrected chi connectivity index (χ1v) is 9.55. The molecule has 0 spiro atoms. The molecule has 2 N–H and O–H groups in total. The molecule has 2 rings (SSSR count). The molecule has 1 unspecified atom stereocenters. The number of carboxylic acids is 1. The van der Waals surface area contributed by atoms with Crippen LogP contribution in [-0.2, 0) is 10.0 Å². The van der Waals surface area contributed by atoms with E-state index in [0.717, 1.165) is 10.6 Å². The van der Waals surface area contributed by atoms with Gasteiger partial charge in [-0.15, -0.1) is 6.58 Å². The topological polar surface area (TPSA) is 104 Å². The van der Waals surface area contributed by atoms with Crippen LogP contribution in [0, 0.1) is 0 Å². The Kier molecular flexibility index (Phi) is 5.36. The van der Waals surface area contributed by atoms with E-state index in [1.807, 2.05) is 12.2 Å². The molecule has 1 aliphatic rings. The number of anilines is 1. The number of hydrogen-bond donors (Lipinski definition) is 2. The van der Waals surface area contributed by atoms with Gasteiger partial charge in [-0.05, 0) is 24.6 Å². The van der Waals surface area contributed by atoms with Crippen LogP contribution in [0.2, 0.25) is 0 Å². The summed E-state index contributed by atoms with van der Waals surface area (Å²) in [4.78, 5) is 24.1. The molecule has 1 aromatic rings. The van der Waals surface area contributed by atoms with E-state index in [1.165, 1.54) is 25.2 Å². The fourth-order valence-electron chi connectivity index (χ4n) is 2.45. The Morgan fingerprint density at radius 3 is 2.42 bits per heavy atom. The first-order valence-electron chi connectivity index (χ1n) is 7.71. The summed E-state index contributed by atoms with van der Waals surface area (Å²) in [6.07, 6.45) is 10.4. The van der Waals surface area contributed by atoms with Crippen molar-refractivity contribution in [2.75, 3.05) is 17.6 Å². The highest BCUT2D eigenvalue weighted by molar-refractivity contribution is 7.92. The van der Waals surface area contributed by atoms with Gasteiger partial charge >= 0.3 is 5.97 Å². The van der Waals surface area contributed by atoms with Crippen LogP contribution in [0.3, 0.4) is 0 Å². The van der Waals surface area contributed by atoms with Crippen LogP contribution in [0.5, 0.6) is 0 Å². The molecule has 0 heterocycles. The van der Waals surface area contributed by atoms with Gasteiger partial charge in [-0.25, -0.2) is 13.2 Å². The standard InChI is InChI=1S/C18H20N2O5S/c1-4-18(8-6-5-7-9-18)19-16(21)13-10-14(17(22)23)12-15(11-13)20(2)26(3,24)25/h4-8,10-12H,1,9H2,2-3H3,(H,19,21)(H,22,23). The van der Waals surface area contributed by atoms with Gasteiger partial charge in [0.1, 0.15) is 0 Å². The zero-order valence-corrected chi connectivity index (χ0v) is 15.3. The number of carbonyl (C=O) groups is 2. The van der Waals surface area contributed by atoms with Crippen molar-refractivity contribution in [3.8, 4) is 0 Å². The van der Waals surface area contributed by atoms with Crippen molar-refractivity contribution < 1.29 is 23.1 Å². The van der Waals surface area contributed by atoms with Gasteiger partial charge in [-0.3, -0.25) is 9.10 Å². The van der Waals surface area contributed by atoms with E-state index in [9.17, 15) is 23.1 Å². The molecule has 1 amide bonds. The molecular weight excluding hydrogens is 356 g/mol. The van der Waals surface area contributed by atoms with Crippen LogP contribution in [-0.4, -0.2) is 44.2 Å². The second kappa shape index (κ2) is 7.17. The van der Waals surface area contributed by atoms with Gasteiger partial charge in [0.2, 0.25) is 10.0 Å². The monoisotopic (exact) mass is 376 g/mol. The van der Waals surface area contributed by atoms with Gasteiger partial charge in [0, 0.05) is 12.6 Å². The quantitative estimate of drug-likeness (QED) is 0.739. The number of carboxylic acid groups (broad SMARTS) is 1. The highest BCUT2D eigenvalue weighted by Crippen LogP contribution is 2.23. The predicted octanol–water partition coefficient (Wildman–Crippen LogP) is 1.95. The van der Waals surface area contributed by atoms with Crippen LogP contribution in [0.4, 0.5) is 5.69 Å². The molecule has 0 saturated heterocycles. The number of allylic oxidation sites excluding steroid dienone is 2. The van der Waals surface area contributed by atoms with Crippen LogP contribution in [0.25, 0.3) is 0 Å². The average molecular weight is 376 g/mol. The van der Waals surface area contributed by atoms with Crippen molar-refractivity contribution in [1.82, 2.24) is 5.32 Å². The molecule has 26 heavy (non-hydrogen) atoms. The molecule has 0 aromatic heterocycles. The fourth-order valence-corrected chi connectivity index (χ4v) is 2.94. The largest absolute Gasteiger partial charge is 0.478 e. The van der Waals surface area contributed by atoms with E-state index in [4.69, 9.17) is 0 Å². The second-order valence-electron chi connectivity index (χ2n) is 5.99. The third kappa shape index (κ3) is 4.20. The summed E-state index contributed by atoms with van der Waals surface area (Å²) in [6, 6.07) is 3.74. The maximum absolute atomic E-state index is 12.7. The summed E-state index contributed by atoms with van der Waals surface area (Å²) >= 11 is 0. The number of hydrogen-bond acceptors (Lipinski definition) is 4. The van der Waals surface area contributed by atoms with E-state index in [-0.39, 0.29) is 16.8 Å². The number of amides is 1. The minimum absolute atomic E-state index is 0.0413. The molecule has 1 atom stereocenters. The summed E-state index contributed by atoms with van der Waals surface area (Å²) in [5.74, 6) is -1.79. The van der Waals surface area contributed by atoms with Crippen LogP contribution >= 0.6 is 0 Å². The Morgan fingerprint density at radius 1 is 1.27 bits per heavy atom. The molecular formula is C18H20N2O5S. The summed E-state index contributed by atoms with van der Waals surface area (Å²) in [5, 5.41) is 12.1. The molecule has 0 radical (unpaired) electrons. The molecule has 0 fully saturated rings. The molecule has 7 nitrogen and oxygen atoms in total. The molecule has 1 aliphatic carbocycles. The predicted molar refractivity (Wildman–Crippen MR) is 99.9 cm³/mol. The minimum atomic E-state index is -3.61. The lowest BCUT2D eigenvalue weighted by Gasteiger charge is -2.29. The lowest BCUT2D eigenvalue weighted by atomic mass is 9.91. The van der Waals surface area contributed by atoms with Gasteiger partial charge in [0.15, 0.2) is 0 Å². The van der Waals surface area contributed by atoms with Crippen molar-refractivity contribution in [2.45, 2.75) is 12.0 Å². The molecule has 0 saturated carbocycles. The van der Waals surface area contributed by atoms with Crippen LogP contribution in [0.1, 0.15) is 27.1 Å². The van der Waals surface area contributed by atoms with E-state index < -0.39 is 27.4 Å². The van der Waals surface area contributed by atoms with Gasteiger partial charge in [-0.2, -0.15) is 0 Å². The third-order valence-corrected chi connectivity index (χ3v) is 5.30. The molecule has 138 valence electrons. The lowest BCUT2D eigenvalue weighted by Crippen LogP contribution is -2.45. The fraction of sp³-hybridized carbons (Fsp3) is 0.222. The SMILES string of the molecule is C=CC1(NC(=O)c2cc(C(=O)O)cc(N(C)S(C)(=O)=O)c2)C=CC=CC1. The van der Waals surface area contributed by atoms with E-state index in [0.29, 0.717) is 6.42 Å². The van der Waals surface area contributed by atoms with Crippen molar-refractivity contribution in [2.24, 2.45) is 0 Å². The zero-order valence-electron chi connectivity index (χ0n) is 14.5. The maximum Gasteiger partial charge on any atom is 0.335 e. The Hall–Kier alpha value is -2.87. The lowest BCUT2D eigenvalue weighted by molar-refractivity contribution is 0.0697. The smallest absolute Gasteiger partial charge is 0.335 e. The maximum atomic E-state index is 12.7. The van der Waals surface area contributed by atoms with Crippen molar-refractivity contribution >= 4 is 27.6 Å². The number of nitrogens with zero attached hydrogens (tertiary/aromatic N) is 1. The summed E-state index contributed by atoms with van der Waals surface area (Å²) in [7, 11) is -2.32. The summed E-state index contributed by atoms with van der Waals surface area (Å²) in [6.45, 7) is 3.75. The van der Waals surface area contributed by atoms with Gasteiger partial charge < -0.3 is 10.4 Å². The number of rotatable bonds is 6. The normalized spacial score (nSPS) is 19.0. The van der Waals surface area contributed by atoms with Crippen molar-refractivity contribution in [3.05, 3.63) is 66.3 Å². The van der Waals surface area contributed by atoms with Gasteiger partial charge in [-0.1, -0.05) is 30.4 Å². The molecule has 0 aliphatic heterocycles. The Labute approximate surface area is 152 Å². The highest BCUT2D eigenvalue weighted by atomic mass is 32.2. The number of aromatic carboxylic acids is 1. The summed E-state index contributed by atoms with van der Waals surface area (Å²) < 4.78 is 24.4. The minimum Gasteiger partial charge on any atom is -0.478 e. The highest BCUT2D eigenvalue weighted by Gasteiger charge is 2.27. The zero-order chi connectivity index (χ0) is 19.5. The van der Waals surface area contributed by atoms with Gasteiger partial charge in [0.05, 0.1) is 23.0 Å². The second-order valence-corrected chi connectivity index (χ2v) is 8.01. The van der Waals surface area contributed by atoms with Gasteiger partial charge in [0.25, 0.3) is 5.91 Å². The molecule has 1 aromatic carbocycles. The number of benzene rings is 1.